The summed E-state index contributed by atoms with van der Waals surface area (Å²) in [6.07, 6.45) is 1.94. The zero-order valence-electron chi connectivity index (χ0n) is 14.3. The summed E-state index contributed by atoms with van der Waals surface area (Å²) < 4.78 is 24.9. The molecule has 0 aliphatic heterocycles. The van der Waals surface area contributed by atoms with Crippen molar-refractivity contribution in [1.82, 2.24) is 9.21 Å². The molecule has 1 N–H and O–H groups in total. The fraction of sp³-hybridized carbons (Fsp3) is 0.500. The maximum atomic E-state index is 12.0. The number of rotatable bonds is 9. The number of nitriles is 1. The molecule has 132 valence electrons. The monoisotopic (exact) mass is 352 g/mol. The third-order valence-electron chi connectivity index (χ3n) is 3.37. The van der Waals surface area contributed by atoms with Crippen molar-refractivity contribution in [2.75, 3.05) is 45.3 Å². The van der Waals surface area contributed by atoms with E-state index in [1.54, 1.807) is 24.3 Å². The summed E-state index contributed by atoms with van der Waals surface area (Å²) in [6, 6.07) is 8.51. The van der Waals surface area contributed by atoms with Crippen LogP contribution in [0, 0.1) is 11.3 Å². The molecule has 0 atom stereocenters. The highest BCUT2D eigenvalue weighted by Gasteiger charge is 2.17. The van der Waals surface area contributed by atoms with E-state index in [4.69, 9.17) is 5.26 Å². The molecule has 7 nitrogen and oxygen atoms in total. The zero-order valence-corrected chi connectivity index (χ0v) is 15.1. The summed E-state index contributed by atoms with van der Waals surface area (Å²) >= 11 is 0. The minimum absolute atomic E-state index is 0.0784. The SMILES string of the molecule is CN(C)CCCN(CCC(=O)Nc1ccc(C#N)cc1)S(C)(=O)=O. The number of anilines is 1. The number of carbonyl (C=O) groups is 1. The molecule has 24 heavy (non-hydrogen) atoms. The first-order valence-corrected chi connectivity index (χ1v) is 9.47. The van der Waals surface area contributed by atoms with E-state index in [2.05, 4.69) is 5.32 Å². The van der Waals surface area contributed by atoms with Crippen molar-refractivity contribution < 1.29 is 13.2 Å². The zero-order chi connectivity index (χ0) is 18.2. The number of hydrogen-bond acceptors (Lipinski definition) is 5. The van der Waals surface area contributed by atoms with Crippen molar-refractivity contribution in [2.45, 2.75) is 12.8 Å². The topological polar surface area (TPSA) is 93.5 Å². The molecule has 0 heterocycles. The van der Waals surface area contributed by atoms with Crippen LogP contribution >= 0.6 is 0 Å². The fourth-order valence-corrected chi connectivity index (χ4v) is 2.97. The van der Waals surface area contributed by atoms with E-state index in [9.17, 15) is 13.2 Å². The van der Waals surface area contributed by atoms with Crippen LogP contribution in [0.1, 0.15) is 18.4 Å². The summed E-state index contributed by atoms with van der Waals surface area (Å²) in [4.78, 5) is 14.0. The minimum Gasteiger partial charge on any atom is -0.326 e. The van der Waals surface area contributed by atoms with Crippen molar-refractivity contribution in [3.63, 3.8) is 0 Å². The van der Waals surface area contributed by atoms with Crippen LogP contribution in [0.15, 0.2) is 24.3 Å². The lowest BCUT2D eigenvalue weighted by Crippen LogP contribution is -2.35. The molecule has 0 saturated carbocycles. The molecule has 0 saturated heterocycles. The van der Waals surface area contributed by atoms with Crippen LogP contribution < -0.4 is 5.32 Å². The Balaban J connectivity index is 2.52. The average Bonchev–Trinajstić information content (AvgIpc) is 2.49. The Morgan fingerprint density at radius 3 is 2.29 bits per heavy atom. The van der Waals surface area contributed by atoms with Gasteiger partial charge in [0, 0.05) is 25.2 Å². The molecule has 1 aromatic rings. The Bertz CT molecular complexity index is 678. The molecule has 0 fully saturated rings. The molecular formula is C16H24N4O3S. The lowest BCUT2D eigenvalue weighted by Gasteiger charge is -2.20. The van der Waals surface area contributed by atoms with Gasteiger partial charge in [-0.2, -0.15) is 5.26 Å². The quantitative estimate of drug-likeness (QED) is 0.718. The highest BCUT2D eigenvalue weighted by Crippen LogP contribution is 2.10. The van der Waals surface area contributed by atoms with Crippen molar-refractivity contribution >= 4 is 21.6 Å². The highest BCUT2D eigenvalue weighted by molar-refractivity contribution is 7.88. The first-order valence-electron chi connectivity index (χ1n) is 7.62. The van der Waals surface area contributed by atoms with Crippen LogP contribution in [-0.4, -0.2) is 63.5 Å². The van der Waals surface area contributed by atoms with Gasteiger partial charge in [0.2, 0.25) is 15.9 Å². The molecular weight excluding hydrogens is 328 g/mol. The molecule has 0 spiro atoms. The van der Waals surface area contributed by atoms with Crippen LogP contribution in [0.5, 0.6) is 0 Å². The van der Waals surface area contributed by atoms with E-state index in [1.807, 2.05) is 25.1 Å². The van der Waals surface area contributed by atoms with Gasteiger partial charge in [0.15, 0.2) is 0 Å². The predicted octanol–water partition coefficient (Wildman–Crippen LogP) is 1.10. The molecule has 0 aliphatic carbocycles. The number of benzene rings is 1. The molecule has 0 aliphatic rings. The van der Waals surface area contributed by atoms with Crippen LogP contribution in [-0.2, 0) is 14.8 Å². The minimum atomic E-state index is -3.34. The standard InChI is InChI=1S/C16H24N4O3S/c1-19(2)10-4-11-20(24(3,22)23)12-9-16(21)18-15-7-5-14(13-17)6-8-15/h5-8H,4,9-12H2,1-3H3,(H,18,21). The van der Waals surface area contributed by atoms with Crippen LogP contribution in [0.2, 0.25) is 0 Å². The van der Waals surface area contributed by atoms with Crippen molar-refractivity contribution in [3.8, 4) is 6.07 Å². The summed E-state index contributed by atoms with van der Waals surface area (Å²) in [5.41, 5.74) is 1.09. The number of amides is 1. The number of nitrogens with one attached hydrogen (secondary N) is 1. The lowest BCUT2D eigenvalue weighted by molar-refractivity contribution is -0.116. The van der Waals surface area contributed by atoms with E-state index in [1.165, 1.54) is 4.31 Å². The van der Waals surface area contributed by atoms with Crippen molar-refractivity contribution in [3.05, 3.63) is 29.8 Å². The van der Waals surface area contributed by atoms with E-state index in [-0.39, 0.29) is 18.9 Å². The Labute approximate surface area is 143 Å². The third-order valence-corrected chi connectivity index (χ3v) is 4.67. The predicted molar refractivity (Wildman–Crippen MR) is 94.0 cm³/mol. The Kier molecular flexibility index (Phi) is 7.85. The summed E-state index contributed by atoms with van der Waals surface area (Å²) in [5.74, 6) is -0.263. The van der Waals surface area contributed by atoms with Gasteiger partial charge in [0.05, 0.1) is 17.9 Å². The van der Waals surface area contributed by atoms with Gasteiger partial charge in [0.25, 0.3) is 0 Å². The van der Waals surface area contributed by atoms with E-state index >= 15 is 0 Å². The molecule has 1 aromatic carbocycles. The van der Waals surface area contributed by atoms with Gasteiger partial charge in [-0.1, -0.05) is 0 Å². The summed E-state index contributed by atoms with van der Waals surface area (Å²) in [7, 11) is 0.511. The largest absolute Gasteiger partial charge is 0.326 e. The van der Waals surface area contributed by atoms with Gasteiger partial charge in [0.1, 0.15) is 0 Å². The molecule has 0 aromatic heterocycles. The molecule has 1 amide bonds. The van der Waals surface area contributed by atoms with Crippen molar-refractivity contribution in [2.24, 2.45) is 0 Å². The van der Waals surface area contributed by atoms with Gasteiger partial charge < -0.3 is 10.2 Å². The normalized spacial score (nSPS) is 11.5. The smallest absolute Gasteiger partial charge is 0.225 e. The van der Waals surface area contributed by atoms with Crippen LogP contribution in [0.25, 0.3) is 0 Å². The molecule has 0 radical (unpaired) electrons. The molecule has 0 unspecified atom stereocenters. The Morgan fingerprint density at radius 2 is 1.79 bits per heavy atom. The second kappa shape index (κ2) is 9.37. The van der Waals surface area contributed by atoms with Gasteiger partial charge >= 0.3 is 0 Å². The van der Waals surface area contributed by atoms with E-state index in [0.717, 1.165) is 12.8 Å². The molecule has 0 bridgehead atoms. The third kappa shape index (κ3) is 7.55. The fourth-order valence-electron chi connectivity index (χ4n) is 2.08. The number of nitrogens with zero attached hydrogens (tertiary/aromatic N) is 3. The maximum absolute atomic E-state index is 12.0. The van der Waals surface area contributed by atoms with E-state index in [0.29, 0.717) is 24.2 Å². The summed E-state index contributed by atoms with van der Waals surface area (Å²) in [6.45, 7) is 1.32. The van der Waals surface area contributed by atoms with Gasteiger partial charge in [-0.05, 0) is 51.3 Å². The molecule has 8 heteroatoms. The van der Waals surface area contributed by atoms with Gasteiger partial charge in [-0.15, -0.1) is 0 Å². The van der Waals surface area contributed by atoms with Crippen molar-refractivity contribution in [1.29, 1.82) is 5.26 Å². The van der Waals surface area contributed by atoms with Crippen LogP contribution in [0.3, 0.4) is 0 Å². The Morgan fingerprint density at radius 1 is 1.17 bits per heavy atom. The number of hydrogen-bond donors (Lipinski definition) is 1. The van der Waals surface area contributed by atoms with Gasteiger partial charge in [-0.25, -0.2) is 12.7 Å². The maximum Gasteiger partial charge on any atom is 0.225 e. The average molecular weight is 352 g/mol. The van der Waals surface area contributed by atoms with Gasteiger partial charge in [-0.3, -0.25) is 4.79 Å². The summed E-state index contributed by atoms with van der Waals surface area (Å²) in [5, 5.41) is 11.4. The second-order valence-corrected chi connectivity index (χ2v) is 7.79. The Hall–Kier alpha value is -1.95. The highest BCUT2D eigenvalue weighted by atomic mass is 32.2. The second-order valence-electron chi connectivity index (χ2n) is 5.81. The van der Waals surface area contributed by atoms with E-state index < -0.39 is 10.0 Å². The number of carbonyl (C=O) groups excluding carboxylic acids is 1. The van der Waals surface area contributed by atoms with Crippen LogP contribution in [0.4, 0.5) is 5.69 Å². The lowest BCUT2D eigenvalue weighted by atomic mass is 10.2. The first kappa shape index (κ1) is 20.1. The molecule has 1 rings (SSSR count). The first-order chi connectivity index (χ1) is 11.2. The number of sulfonamides is 1.